The van der Waals surface area contributed by atoms with Crippen molar-refractivity contribution in [2.75, 3.05) is 0 Å². The van der Waals surface area contributed by atoms with Gasteiger partial charge in [0, 0.05) is 18.5 Å². The SMILES string of the molecule is Cc1ccc(F)c(C(O)Cc2ncnn2CC(C)C)c1. The maximum Gasteiger partial charge on any atom is 0.138 e. The van der Waals surface area contributed by atoms with E-state index >= 15 is 0 Å². The Labute approximate surface area is 118 Å². The van der Waals surface area contributed by atoms with Gasteiger partial charge >= 0.3 is 0 Å². The summed E-state index contributed by atoms with van der Waals surface area (Å²) in [4.78, 5) is 4.16. The number of rotatable bonds is 5. The Bertz CT molecular complexity index is 580. The van der Waals surface area contributed by atoms with Gasteiger partial charge in [0.15, 0.2) is 0 Å². The van der Waals surface area contributed by atoms with E-state index in [0.717, 1.165) is 12.1 Å². The number of benzene rings is 1. The monoisotopic (exact) mass is 277 g/mol. The zero-order valence-corrected chi connectivity index (χ0v) is 12.0. The first-order valence-corrected chi connectivity index (χ1v) is 6.78. The number of aryl methyl sites for hydroxylation is 1. The van der Waals surface area contributed by atoms with Gasteiger partial charge in [-0.15, -0.1) is 0 Å². The standard InChI is InChI=1S/C15H20FN3O/c1-10(2)8-19-15(17-9-18-19)7-14(20)12-6-11(3)4-5-13(12)16/h4-6,9-10,14,20H,7-8H2,1-3H3. The van der Waals surface area contributed by atoms with Crippen LogP contribution in [0.3, 0.4) is 0 Å². The first kappa shape index (κ1) is 14.7. The molecular formula is C15H20FN3O. The summed E-state index contributed by atoms with van der Waals surface area (Å²) in [5, 5.41) is 14.4. The minimum atomic E-state index is -0.912. The smallest absolute Gasteiger partial charge is 0.138 e. The fraction of sp³-hybridized carbons (Fsp3) is 0.467. The lowest BCUT2D eigenvalue weighted by atomic mass is 10.0. The first-order valence-electron chi connectivity index (χ1n) is 6.78. The Balaban J connectivity index is 2.17. The van der Waals surface area contributed by atoms with Gasteiger partial charge in [-0.3, -0.25) is 0 Å². The van der Waals surface area contributed by atoms with Crippen LogP contribution in [-0.2, 0) is 13.0 Å². The molecule has 0 spiro atoms. The van der Waals surface area contributed by atoms with Crippen molar-refractivity contribution < 1.29 is 9.50 Å². The fourth-order valence-electron chi connectivity index (χ4n) is 2.15. The minimum Gasteiger partial charge on any atom is -0.388 e. The van der Waals surface area contributed by atoms with Crippen molar-refractivity contribution in [2.24, 2.45) is 5.92 Å². The predicted molar refractivity (Wildman–Crippen MR) is 74.7 cm³/mol. The van der Waals surface area contributed by atoms with E-state index in [1.54, 1.807) is 16.8 Å². The summed E-state index contributed by atoms with van der Waals surface area (Å²) in [7, 11) is 0. The molecule has 0 aliphatic rings. The quantitative estimate of drug-likeness (QED) is 0.914. The average Bonchev–Trinajstić information content (AvgIpc) is 2.78. The predicted octanol–water partition coefficient (Wildman–Crippen LogP) is 2.66. The zero-order valence-electron chi connectivity index (χ0n) is 12.0. The van der Waals surface area contributed by atoms with Crippen LogP contribution in [0.1, 0.15) is 36.9 Å². The van der Waals surface area contributed by atoms with Gasteiger partial charge < -0.3 is 5.11 Å². The first-order chi connectivity index (χ1) is 9.47. The van der Waals surface area contributed by atoms with E-state index in [2.05, 4.69) is 23.9 Å². The molecule has 1 atom stereocenters. The lowest BCUT2D eigenvalue weighted by molar-refractivity contribution is 0.168. The van der Waals surface area contributed by atoms with Crippen molar-refractivity contribution in [1.29, 1.82) is 0 Å². The van der Waals surface area contributed by atoms with Crippen LogP contribution in [0.4, 0.5) is 4.39 Å². The molecule has 108 valence electrons. The van der Waals surface area contributed by atoms with Crippen LogP contribution in [0.15, 0.2) is 24.5 Å². The molecule has 1 unspecified atom stereocenters. The molecule has 0 fully saturated rings. The Morgan fingerprint density at radius 1 is 1.35 bits per heavy atom. The third-order valence-electron chi connectivity index (χ3n) is 3.12. The highest BCUT2D eigenvalue weighted by atomic mass is 19.1. The van der Waals surface area contributed by atoms with Crippen molar-refractivity contribution in [3.05, 3.63) is 47.3 Å². The summed E-state index contributed by atoms with van der Waals surface area (Å²) >= 11 is 0. The minimum absolute atomic E-state index is 0.257. The Morgan fingerprint density at radius 2 is 2.10 bits per heavy atom. The van der Waals surface area contributed by atoms with Crippen molar-refractivity contribution in [1.82, 2.24) is 14.8 Å². The lowest BCUT2D eigenvalue weighted by Gasteiger charge is -2.14. The van der Waals surface area contributed by atoms with E-state index in [-0.39, 0.29) is 6.42 Å². The molecule has 0 aliphatic heterocycles. The maximum absolute atomic E-state index is 13.8. The van der Waals surface area contributed by atoms with E-state index in [9.17, 15) is 9.50 Å². The zero-order chi connectivity index (χ0) is 14.7. The van der Waals surface area contributed by atoms with E-state index in [0.29, 0.717) is 17.3 Å². The topological polar surface area (TPSA) is 50.9 Å². The number of aromatic nitrogens is 3. The third-order valence-corrected chi connectivity index (χ3v) is 3.12. The van der Waals surface area contributed by atoms with Crippen molar-refractivity contribution in [2.45, 2.75) is 39.8 Å². The van der Waals surface area contributed by atoms with Crippen LogP contribution in [0.25, 0.3) is 0 Å². The second-order valence-corrected chi connectivity index (χ2v) is 5.50. The van der Waals surface area contributed by atoms with E-state index in [1.807, 2.05) is 6.92 Å². The molecule has 0 saturated heterocycles. The van der Waals surface area contributed by atoms with Crippen LogP contribution in [0.2, 0.25) is 0 Å². The Kier molecular flexibility index (Phi) is 4.49. The van der Waals surface area contributed by atoms with E-state index < -0.39 is 11.9 Å². The maximum atomic E-state index is 13.8. The molecule has 20 heavy (non-hydrogen) atoms. The number of hydrogen-bond acceptors (Lipinski definition) is 3. The van der Waals surface area contributed by atoms with Crippen LogP contribution in [0.5, 0.6) is 0 Å². The second kappa shape index (κ2) is 6.13. The highest BCUT2D eigenvalue weighted by molar-refractivity contribution is 5.26. The number of aliphatic hydroxyl groups is 1. The van der Waals surface area contributed by atoms with Crippen LogP contribution < -0.4 is 0 Å². The van der Waals surface area contributed by atoms with Gasteiger partial charge in [-0.25, -0.2) is 14.1 Å². The number of aliphatic hydroxyl groups excluding tert-OH is 1. The largest absolute Gasteiger partial charge is 0.388 e. The molecule has 1 heterocycles. The summed E-state index contributed by atoms with van der Waals surface area (Å²) in [5.41, 5.74) is 1.23. The highest BCUT2D eigenvalue weighted by Crippen LogP contribution is 2.21. The average molecular weight is 277 g/mol. The molecule has 0 aliphatic carbocycles. The summed E-state index contributed by atoms with van der Waals surface area (Å²) in [6.07, 6.45) is 0.814. The van der Waals surface area contributed by atoms with E-state index in [4.69, 9.17) is 0 Å². The van der Waals surface area contributed by atoms with Crippen LogP contribution >= 0.6 is 0 Å². The molecule has 2 rings (SSSR count). The summed E-state index contributed by atoms with van der Waals surface area (Å²) in [5.74, 6) is 0.716. The number of hydrogen-bond donors (Lipinski definition) is 1. The molecule has 5 heteroatoms. The molecule has 0 radical (unpaired) electrons. The van der Waals surface area contributed by atoms with Gasteiger partial charge in [0.1, 0.15) is 18.0 Å². The molecule has 0 saturated carbocycles. The molecular weight excluding hydrogens is 257 g/mol. The van der Waals surface area contributed by atoms with Gasteiger partial charge in [-0.1, -0.05) is 31.5 Å². The number of nitrogens with zero attached hydrogens (tertiary/aromatic N) is 3. The Morgan fingerprint density at radius 3 is 2.80 bits per heavy atom. The highest BCUT2D eigenvalue weighted by Gasteiger charge is 2.17. The van der Waals surface area contributed by atoms with Gasteiger partial charge in [-0.2, -0.15) is 5.10 Å². The van der Waals surface area contributed by atoms with Crippen molar-refractivity contribution in [3.63, 3.8) is 0 Å². The lowest BCUT2D eigenvalue weighted by Crippen LogP contribution is -2.14. The molecule has 1 N–H and O–H groups in total. The van der Waals surface area contributed by atoms with Gasteiger partial charge in [0.05, 0.1) is 6.10 Å². The molecule has 0 amide bonds. The summed E-state index contributed by atoms with van der Waals surface area (Å²) < 4.78 is 15.5. The molecule has 4 nitrogen and oxygen atoms in total. The third kappa shape index (κ3) is 3.42. The van der Waals surface area contributed by atoms with Gasteiger partial charge in [0.25, 0.3) is 0 Å². The Hall–Kier alpha value is -1.75. The molecule has 2 aromatic rings. The molecule has 0 bridgehead atoms. The molecule has 1 aromatic heterocycles. The van der Waals surface area contributed by atoms with Crippen molar-refractivity contribution >= 4 is 0 Å². The summed E-state index contributed by atoms with van der Waals surface area (Å²) in [6, 6.07) is 4.74. The van der Waals surface area contributed by atoms with Crippen LogP contribution in [0, 0.1) is 18.7 Å². The number of halogens is 1. The van der Waals surface area contributed by atoms with Gasteiger partial charge in [-0.05, 0) is 18.9 Å². The van der Waals surface area contributed by atoms with E-state index in [1.165, 1.54) is 12.4 Å². The van der Waals surface area contributed by atoms with Crippen molar-refractivity contribution in [3.8, 4) is 0 Å². The summed E-state index contributed by atoms with van der Waals surface area (Å²) in [6.45, 7) is 6.78. The molecule has 1 aromatic carbocycles. The van der Waals surface area contributed by atoms with Gasteiger partial charge in [0.2, 0.25) is 0 Å². The second-order valence-electron chi connectivity index (χ2n) is 5.50. The normalized spacial score (nSPS) is 12.9. The van der Waals surface area contributed by atoms with Crippen LogP contribution in [-0.4, -0.2) is 19.9 Å². The fourth-order valence-corrected chi connectivity index (χ4v) is 2.15.